The molecule has 0 aliphatic heterocycles. The fourth-order valence-corrected chi connectivity index (χ4v) is 0.837. The third kappa shape index (κ3) is 3.16. The Balaban J connectivity index is 2.07. The monoisotopic (exact) mass is 169 g/mol. The molecular weight excluding hydrogens is 158 g/mol. The van der Waals surface area contributed by atoms with Gasteiger partial charge in [0.1, 0.15) is 5.82 Å². The van der Waals surface area contributed by atoms with Crippen LogP contribution in [0.2, 0.25) is 0 Å². The van der Waals surface area contributed by atoms with E-state index in [4.69, 9.17) is 5.11 Å². The molecule has 5 heteroatoms. The Hall–Kier alpha value is -1.36. The van der Waals surface area contributed by atoms with Crippen LogP contribution in [-0.2, 0) is 11.2 Å². The number of carboxylic acids is 1. The highest BCUT2D eigenvalue weighted by Gasteiger charge is 1.96. The summed E-state index contributed by atoms with van der Waals surface area (Å²) < 4.78 is 0. The Kier molecular flexibility index (Phi) is 3.28. The molecule has 12 heavy (non-hydrogen) atoms. The first kappa shape index (κ1) is 8.73. The van der Waals surface area contributed by atoms with Crippen LogP contribution in [0.3, 0.4) is 0 Å². The largest absolute Gasteiger partial charge is 0.480 e. The van der Waals surface area contributed by atoms with Crippen LogP contribution in [0.4, 0.5) is 0 Å². The van der Waals surface area contributed by atoms with Gasteiger partial charge in [0.25, 0.3) is 0 Å². The van der Waals surface area contributed by atoms with Crippen LogP contribution in [0.1, 0.15) is 5.82 Å². The maximum atomic E-state index is 10.1. The number of aliphatic carboxylic acids is 1. The van der Waals surface area contributed by atoms with E-state index in [1.807, 2.05) is 0 Å². The van der Waals surface area contributed by atoms with Gasteiger partial charge in [-0.1, -0.05) is 0 Å². The Bertz CT molecular complexity index is 233. The van der Waals surface area contributed by atoms with Crippen molar-refractivity contribution in [1.82, 2.24) is 15.3 Å². The van der Waals surface area contributed by atoms with Crippen molar-refractivity contribution >= 4 is 5.97 Å². The van der Waals surface area contributed by atoms with Gasteiger partial charge in [-0.05, 0) is 0 Å². The molecule has 0 aliphatic carbocycles. The number of carboxylic acid groups (broad SMARTS) is 1. The molecule has 1 aromatic heterocycles. The lowest BCUT2D eigenvalue weighted by Crippen LogP contribution is -2.24. The van der Waals surface area contributed by atoms with Gasteiger partial charge in [0, 0.05) is 25.4 Å². The van der Waals surface area contributed by atoms with E-state index in [0.29, 0.717) is 6.54 Å². The molecule has 1 aromatic rings. The van der Waals surface area contributed by atoms with Gasteiger partial charge in [-0.25, -0.2) is 4.98 Å². The van der Waals surface area contributed by atoms with Gasteiger partial charge in [0.05, 0.1) is 6.54 Å². The first-order valence-electron chi connectivity index (χ1n) is 3.70. The molecule has 0 atom stereocenters. The summed E-state index contributed by atoms with van der Waals surface area (Å²) in [6.45, 7) is 0.626. The van der Waals surface area contributed by atoms with Gasteiger partial charge in [-0.2, -0.15) is 0 Å². The minimum atomic E-state index is -0.838. The van der Waals surface area contributed by atoms with Crippen molar-refractivity contribution in [1.29, 1.82) is 0 Å². The molecule has 0 aromatic carbocycles. The van der Waals surface area contributed by atoms with Crippen molar-refractivity contribution < 1.29 is 9.90 Å². The van der Waals surface area contributed by atoms with Crippen LogP contribution >= 0.6 is 0 Å². The number of hydrogen-bond acceptors (Lipinski definition) is 3. The van der Waals surface area contributed by atoms with Gasteiger partial charge in [0.15, 0.2) is 0 Å². The van der Waals surface area contributed by atoms with E-state index >= 15 is 0 Å². The smallest absolute Gasteiger partial charge is 0.317 e. The third-order valence-corrected chi connectivity index (χ3v) is 1.37. The highest BCUT2D eigenvalue weighted by molar-refractivity contribution is 5.68. The van der Waals surface area contributed by atoms with E-state index < -0.39 is 5.97 Å². The topological polar surface area (TPSA) is 78.0 Å². The van der Waals surface area contributed by atoms with Gasteiger partial charge < -0.3 is 15.4 Å². The van der Waals surface area contributed by atoms with Crippen molar-refractivity contribution in [3.8, 4) is 0 Å². The van der Waals surface area contributed by atoms with E-state index in [2.05, 4.69) is 15.3 Å². The van der Waals surface area contributed by atoms with Crippen LogP contribution in [0, 0.1) is 0 Å². The van der Waals surface area contributed by atoms with E-state index in [0.717, 1.165) is 12.2 Å². The zero-order valence-electron chi connectivity index (χ0n) is 6.58. The zero-order valence-corrected chi connectivity index (χ0v) is 6.58. The molecule has 0 bridgehead atoms. The van der Waals surface area contributed by atoms with Crippen molar-refractivity contribution in [3.05, 3.63) is 18.2 Å². The number of hydrogen-bond donors (Lipinski definition) is 3. The first-order chi connectivity index (χ1) is 5.79. The summed E-state index contributed by atoms with van der Waals surface area (Å²) in [5.74, 6) is 0.0299. The molecule has 0 saturated carbocycles. The second kappa shape index (κ2) is 4.50. The lowest BCUT2D eigenvalue weighted by molar-refractivity contribution is -0.135. The van der Waals surface area contributed by atoms with Crippen LogP contribution in [-0.4, -0.2) is 34.1 Å². The average molecular weight is 169 g/mol. The predicted octanol–water partition coefficient (Wildman–Crippen LogP) is -0.374. The van der Waals surface area contributed by atoms with Gasteiger partial charge in [-0.3, -0.25) is 4.79 Å². The molecule has 5 nitrogen and oxygen atoms in total. The molecule has 0 spiro atoms. The number of carbonyl (C=O) groups is 1. The van der Waals surface area contributed by atoms with Gasteiger partial charge >= 0.3 is 5.97 Å². The standard InChI is InChI=1S/C7H11N3O2/c11-7(12)5-8-2-1-6-9-3-4-10-6/h3-4,8H,1-2,5H2,(H,9,10)(H,11,12). The number of H-pyrrole nitrogens is 1. The molecule has 0 saturated heterocycles. The summed E-state index contributed by atoms with van der Waals surface area (Å²) in [6, 6.07) is 0. The Morgan fingerprint density at radius 2 is 2.58 bits per heavy atom. The fraction of sp³-hybridized carbons (Fsp3) is 0.429. The predicted molar refractivity (Wildman–Crippen MR) is 42.8 cm³/mol. The van der Waals surface area contributed by atoms with E-state index in [9.17, 15) is 4.79 Å². The number of nitrogens with zero attached hydrogens (tertiary/aromatic N) is 1. The molecular formula is C7H11N3O2. The van der Waals surface area contributed by atoms with E-state index in [-0.39, 0.29) is 6.54 Å². The van der Waals surface area contributed by atoms with Gasteiger partial charge in [-0.15, -0.1) is 0 Å². The minimum Gasteiger partial charge on any atom is -0.480 e. The molecule has 0 unspecified atom stereocenters. The van der Waals surface area contributed by atoms with Crippen molar-refractivity contribution in [3.63, 3.8) is 0 Å². The van der Waals surface area contributed by atoms with Crippen LogP contribution < -0.4 is 5.32 Å². The normalized spacial score (nSPS) is 10.0. The first-order valence-corrected chi connectivity index (χ1v) is 3.70. The summed E-state index contributed by atoms with van der Waals surface area (Å²) in [7, 11) is 0. The Morgan fingerprint density at radius 3 is 3.17 bits per heavy atom. The number of aromatic amines is 1. The number of imidazole rings is 1. The third-order valence-electron chi connectivity index (χ3n) is 1.37. The second-order valence-electron chi connectivity index (χ2n) is 2.36. The lowest BCUT2D eigenvalue weighted by Gasteiger charge is -1.98. The molecule has 0 fully saturated rings. The van der Waals surface area contributed by atoms with E-state index in [1.54, 1.807) is 12.4 Å². The highest BCUT2D eigenvalue weighted by atomic mass is 16.4. The summed E-state index contributed by atoms with van der Waals surface area (Å²) >= 11 is 0. The Labute approximate surface area is 69.8 Å². The summed E-state index contributed by atoms with van der Waals surface area (Å²) in [5, 5.41) is 11.0. The Morgan fingerprint density at radius 1 is 1.75 bits per heavy atom. The fourth-order valence-electron chi connectivity index (χ4n) is 0.837. The molecule has 0 aliphatic rings. The molecule has 66 valence electrons. The number of aromatic nitrogens is 2. The molecule has 1 heterocycles. The van der Waals surface area contributed by atoms with Crippen molar-refractivity contribution in [2.24, 2.45) is 0 Å². The molecule has 1 rings (SSSR count). The maximum absolute atomic E-state index is 10.1. The number of rotatable bonds is 5. The quantitative estimate of drug-likeness (QED) is 0.525. The van der Waals surface area contributed by atoms with Crippen LogP contribution in [0.5, 0.6) is 0 Å². The average Bonchev–Trinajstić information content (AvgIpc) is 2.49. The summed E-state index contributed by atoms with van der Waals surface area (Å²) in [6.07, 6.45) is 4.14. The molecule has 0 radical (unpaired) electrons. The number of nitrogens with one attached hydrogen (secondary N) is 2. The van der Waals surface area contributed by atoms with Crippen LogP contribution in [0.15, 0.2) is 12.4 Å². The lowest BCUT2D eigenvalue weighted by atomic mass is 10.4. The maximum Gasteiger partial charge on any atom is 0.317 e. The van der Waals surface area contributed by atoms with Crippen LogP contribution in [0.25, 0.3) is 0 Å². The SMILES string of the molecule is O=C(O)CNCCc1ncc[nH]1. The zero-order chi connectivity index (χ0) is 8.81. The molecule has 3 N–H and O–H groups in total. The van der Waals surface area contributed by atoms with Crippen molar-refractivity contribution in [2.75, 3.05) is 13.1 Å². The van der Waals surface area contributed by atoms with E-state index in [1.165, 1.54) is 0 Å². The van der Waals surface area contributed by atoms with Gasteiger partial charge in [0.2, 0.25) is 0 Å². The highest BCUT2D eigenvalue weighted by Crippen LogP contribution is 1.87. The summed E-state index contributed by atoms with van der Waals surface area (Å²) in [5.41, 5.74) is 0. The van der Waals surface area contributed by atoms with Crippen molar-refractivity contribution in [2.45, 2.75) is 6.42 Å². The molecule has 0 amide bonds. The summed E-state index contributed by atoms with van der Waals surface area (Å²) in [4.78, 5) is 17.0. The second-order valence-corrected chi connectivity index (χ2v) is 2.36. The minimum absolute atomic E-state index is 0.000703.